The first-order valence-corrected chi connectivity index (χ1v) is 7.77. The molecule has 0 spiro atoms. The van der Waals surface area contributed by atoms with Crippen LogP contribution >= 0.6 is 0 Å². The molecule has 2 aliphatic heterocycles. The topological polar surface area (TPSA) is 52.5 Å². The van der Waals surface area contributed by atoms with Gasteiger partial charge in [0.1, 0.15) is 0 Å². The molecule has 3 heterocycles. The van der Waals surface area contributed by atoms with Gasteiger partial charge in [-0.3, -0.25) is 4.90 Å². The molecule has 5 nitrogen and oxygen atoms in total. The first-order valence-electron chi connectivity index (χ1n) is 7.77. The SMILES string of the molecule is O[C@@H]1CCCN(Cc2cnc(N3CCCCC3)nc2)C1. The Hall–Kier alpha value is -1.20. The third-order valence-corrected chi connectivity index (χ3v) is 4.22. The molecule has 1 atom stereocenters. The number of aromatic nitrogens is 2. The minimum Gasteiger partial charge on any atom is -0.392 e. The van der Waals surface area contributed by atoms with Crippen LogP contribution in [0.3, 0.4) is 0 Å². The third-order valence-electron chi connectivity index (χ3n) is 4.22. The van der Waals surface area contributed by atoms with E-state index in [1.165, 1.54) is 19.3 Å². The Morgan fingerprint density at radius 3 is 2.50 bits per heavy atom. The zero-order chi connectivity index (χ0) is 13.8. The number of hydrogen-bond acceptors (Lipinski definition) is 5. The highest BCUT2D eigenvalue weighted by Gasteiger charge is 2.18. The zero-order valence-electron chi connectivity index (χ0n) is 12.0. The maximum absolute atomic E-state index is 9.69. The van der Waals surface area contributed by atoms with E-state index in [1.54, 1.807) is 0 Å². The smallest absolute Gasteiger partial charge is 0.225 e. The van der Waals surface area contributed by atoms with Crippen LogP contribution in [0.25, 0.3) is 0 Å². The molecule has 1 aromatic heterocycles. The van der Waals surface area contributed by atoms with Gasteiger partial charge in [-0.1, -0.05) is 0 Å². The van der Waals surface area contributed by atoms with Crippen LogP contribution in [-0.2, 0) is 6.54 Å². The van der Waals surface area contributed by atoms with Crippen molar-refractivity contribution in [1.82, 2.24) is 14.9 Å². The van der Waals surface area contributed by atoms with Gasteiger partial charge in [0.15, 0.2) is 0 Å². The lowest BCUT2D eigenvalue weighted by atomic mass is 10.1. The van der Waals surface area contributed by atoms with E-state index in [-0.39, 0.29) is 6.10 Å². The summed E-state index contributed by atoms with van der Waals surface area (Å²) in [4.78, 5) is 13.6. The van der Waals surface area contributed by atoms with Crippen molar-refractivity contribution in [2.24, 2.45) is 0 Å². The summed E-state index contributed by atoms with van der Waals surface area (Å²) >= 11 is 0. The Bertz CT molecular complexity index is 416. The average Bonchev–Trinajstić information content (AvgIpc) is 2.49. The van der Waals surface area contributed by atoms with E-state index < -0.39 is 0 Å². The highest BCUT2D eigenvalue weighted by atomic mass is 16.3. The van der Waals surface area contributed by atoms with Gasteiger partial charge in [-0.15, -0.1) is 0 Å². The second-order valence-electron chi connectivity index (χ2n) is 5.97. The van der Waals surface area contributed by atoms with Gasteiger partial charge in [0.2, 0.25) is 5.95 Å². The van der Waals surface area contributed by atoms with Gasteiger partial charge >= 0.3 is 0 Å². The molecule has 1 aromatic rings. The van der Waals surface area contributed by atoms with Crippen molar-refractivity contribution >= 4 is 5.95 Å². The standard InChI is InChI=1S/C15H24N4O/c20-14-5-4-6-18(12-14)11-13-9-16-15(17-10-13)19-7-2-1-3-8-19/h9-10,14,20H,1-8,11-12H2/t14-/m1/s1. The van der Waals surface area contributed by atoms with Gasteiger partial charge in [-0.05, 0) is 38.6 Å². The van der Waals surface area contributed by atoms with Crippen LogP contribution in [0.5, 0.6) is 0 Å². The largest absolute Gasteiger partial charge is 0.392 e. The van der Waals surface area contributed by atoms with Crippen LogP contribution in [0.4, 0.5) is 5.95 Å². The van der Waals surface area contributed by atoms with Crippen LogP contribution in [0, 0.1) is 0 Å². The van der Waals surface area contributed by atoms with Crippen LogP contribution < -0.4 is 4.90 Å². The van der Waals surface area contributed by atoms with Gasteiger partial charge in [-0.25, -0.2) is 9.97 Å². The summed E-state index contributed by atoms with van der Waals surface area (Å²) in [5, 5.41) is 9.69. The maximum atomic E-state index is 9.69. The molecule has 0 aromatic carbocycles. The van der Waals surface area contributed by atoms with Crippen molar-refractivity contribution in [2.75, 3.05) is 31.1 Å². The average molecular weight is 276 g/mol. The fraction of sp³-hybridized carbons (Fsp3) is 0.733. The quantitative estimate of drug-likeness (QED) is 0.905. The molecule has 0 aliphatic carbocycles. The van der Waals surface area contributed by atoms with Crippen molar-refractivity contribution in [2.45, 2.75) is 44.8 Å². The van der Waals surface area contributed by atoms with Crippen LogP contribution in [-0.4, -0.2) is 52.3 Å². The Kier molecular flexibility index (Phi) is 4.47. The molecule has 2 saturated heterocycles. The summed E-state index contributed by atoms with van der Waals surface area (Å²) in [6.07, 6.45) is 9.54. The minimum atomic E-state index is -0.169. The van der Waals surface area contributed by atoms with E-state index in [1.807, 2.05) is 12.4 Å². The molecular weight excluding hydrogens is 252 g/mol. The number of aliphatic hydroxyl groups is 1. The van der Waals surface area contributed by atoms with Crippen molar-refractivity contribution < 1.29 is 5.11 Å². The fourth-order valence-corrected chi connectivity index (χ4v) is 3.12. The third kappa shape index (κ3) is 3.46. The molecule has 1 N–H and O–H groups in total. The summed E-state index contributed by atoms with van der Waals surface area (Å²) in [5.74, 6) is 0.868. The minimum absolute atomic E-state index is 0.169. The van der Waals surface area contributed by atoms with E-state index in [9.17, 15) is 5.11 Å². The molecule has 2 aliphatic rings. The maximum Gasteiger partial charge on any atom is 0.225 e. The van der Waals surface area contributed by atoms with Crippen LogP contribution in [0.1, 0.15) is 37.7 Å². The van der Waals surface area contributed by atoms with Gasteiger partial charge in [0.25, 0.3) is 0 Å². The molecule has 0 saturated carbocycles. The number of aliphatic hydroxyl groups excluding tert-OH is 1. The van der Waals surface area contributed by atoms with Crippen LogP contribution in [0.15, 0.2) is 12.4 Å². The monoisotopic (exact) mass is 276 g/mol. The predicted molar refractivity (Wildman–Crippen MR) is 78.6 cm³/mol. The van der Waals surface area contributed by atoms with E-state index in [0.29, 0.717) is 0 Å². The zero-order valence-corrected chi connectivity index (χ0v) is 12.0. The van der Waals surface area contributed by atoms with Crippen LogP contribution in [0.2, 0.25) is 0 Å². The van der Waals surface area contributed by atoms with Crippen molar-refractivity contribution in [3.63, 3.8) is 0 Å². The Balaban J connectivity index is 1.58. The van der Waals surface area contributed by atoms with E-state index in [4.69, 9.17) is 0 Å². The molecule has 3 rings (SSSR count). The van der Waals surface area contributed by atoms with Crippen molar-refractivity contribution in [3.05, 3.63) is 18.0 Å². The number of rotatable bonds is 3. The van der Waals surface area contributed by atoms with Crippen molar-refractivity contribution in [1.29, 1.82) is 0 Å². The van der Waals surface area contributed by atoms with Gasteiger partial charge in [-0.2, -0.15) is 0 Å². The van der Waals surface area contributed by atoms with Gasteiger partial charge in [0, 0.05) is 44.1 Å². The number of anilines is 1. The van der Waals surface area contributed by atoms with Gasteiger partial charge < -0.3 is 10.0 Å². The predicted octanol–water partition coefficient (Wildman–Crippen LogP) is 1.42. The second-order valence-corrected chi connectivity index (χ2v) is 5.97. The Morgan fingerprint density at radius 1 is 1.05 bits per heavy atom. The molecule has 20 heavy (non-hydrogen) atoms. The molecule has 0 radical (unpaired) electrons. The number of β-amino-alcohol motifs (C(OH)–C–C–N with tert-alkyl or cyclic N) is 1. The highest BCUT2D eigenvalue weighted by molar-refractivity contribution is 5.30. The van der Waals surface area contributed by atoms with Crippen molar-refractivity contribution in [3.8, 4) is 0 Å². The summed E-state index contributed by atoms with van der Waals surface area (Å²) in [5.41, 5.74) is 1.14. The fourth-order valence-electron chi connectivity index (χ4n) is 3.12. The first-order chi connectivity index (χ1) is 9.81. The molecule has 0 amide bonds. The molecule has 0 unspecified atom stereocenters. The van der Waals surface area contributed by atoms with E-state index >= 15 is 0 Å². The number of nitrogens with zero attached hydrogens (tertiary/aromatic N) is 4. The number of hydrogen-bond donors (Lipinski definition) is 1. The molecular formula is C15H24N4O. The lowest BCUT2D eigenvalue weighted by molar-refractivity contribution is 0.0667. The normalized spacial score (nSPS) is 24.9. The lowest BCUT2D eigenvalue weighted by Crippen LogP contribution is -2.37. The summed E-state index contributed by atoms with van der Waals surface area (Å²) in [6.45, 7) is 4.84. The molecule has 5 heteroatoms. The molecule has 0 bridgehead atoms. The molecule has 2 fully saturated rings. The van der Waals surface area contributed by atoms with E-state index in [0.717, 1.165) is 57.1 Å². The Labute approximate surface area is 120 Å². The second kappa shape index (κ2) is 6.50. The molecule has 110 valence electrons. The first kappa shape index (κ1) is 13.8. The van der Waals surface area contributed by atoms with Gasteiger partial charge in [0.05, 0.1) is 6.10 Å². The number of piperidine rings is 2. The van der Waals surface area contributed by atoms with E-state index in [2.05, 4.69) is 19.8 Å². The lowest BCUT2D eigenvalue weighted by Gasteiger charge is -2.30. The highest BCUT2D eigenvalue weighted by Crippen LogP contribution is 2.16. The summed E-state index contributed by atoms with van der Waals surface area (Å²) < 4.78 is 0. The summed E-state index contributed by atoms with van der Waals surface area (Å²) in [6, 6.07) is 0. The summed E-state index contributed by atoms with van der Waals surface area (Å²) in [7, 11) is 0. The number of likely N-dealkylation sites (tertiary alicyclic amines) is 1. The Morgan fingerprint density at radius 2 is 1.80 bits per heavy atom.